The van der Waals surface area contributed by atoms with Crippen LogP contribution in [0, 0.1) is 0 Å². The molecule has 0 bridgehead atoms. The second-order valence-corrected chi connectivity index (χ2v) is 5.87. The summed E-state index contributed by atoms with van der Waals surface area (Å²) in [5, 5.41) is 19.0. The van der Waals surface area contributed by atoms with E-state index in [-0.39, 0.29) is 18.1 Å². The number of amides is 1. The van der Waals surface area contributed by atoms with Crippen LogP contribution >= 0.6 is 0 Å². The van der Waals surface area contributed by atoms with Gasteiger partial charge in [0.1, 0.15) is 6.61 Å². The first-order chi connectivity index (χ1) is 13.1. The Hall–Kier alpha value is -2.82. The van der Waals surface area contributed by atoms with Gasteiger partial charge in [0.2, 0.25) is 5.91 Å². The number of carbonyl (C=O) groups is 3. The van der Waals surface area contributed by atoms with Crippen molar-refractivity contribution < 1.29 is 42.5 Å². The highest BCUT2D eigenvalue weighted by atomic mass is 19.4. The van der Waals surface area contributed by atoms with Gasteiger partial charge in [-0.25, -0.2) is 9.59 Å². The van der Waals surface area contributed by atoms with Crippen LogP contribution in [-0.4, -0.2) is 61.0 Å². The molecule has 1 aromatic carbocycles. The number of ether oxygens (including phenoxy) is 1. The zero-order chi connectivity index (χ0) is 21.3. The van der Waals surface area contributed by atoms with Gasteiger partial charge in [0.05, 0.1) is 11.3 Å². The lowest BCUT2D eigenvalue weighted by molar-refractivity contribution is -0.192. The number of nitrogens with zero attached hydrogens (tertiary/aromatic N) is 1. The fourth-order valence-electron chi connectivity index (χ4n) is 2.48. The summed E-state index contributed by atoms with van der Waals surface area (Å²) in [4.78, 5) is 34.0. The van der Waals surface area contributed by atoms with E-state index < -0.39 is 18.1 Å². The molecule has 11 heteroatoms. The van der Waals surface area contributed by atoms with E-state index in [1.165, 1.54) is 13.5 Å². The number of aromatic carboxylic acids is 1. The number of benzene rings is 1. The SMILES string of the molecule is COCC(=O)Nc1ccc(N2CCCCC2)cc1C(=O)O.O=C(O)C(F)(F)F. The zero-order valence-corrected chi connectivity index (χ0v) is 15.1. The van der Waals surface area contributed by atoms with E-state index in [2.05, 4.69) is 10.2 Å². The lowest BCUT2D eigenvalue weighted by Crippen LogP contribution is -2.29. The van der Waals surface area contributed by atoms with Gasteiger partial charge in [-0.2, -0.15) is 13.2 Å². The number of aliphatic carboxylic acids is 1. The first-order valence-corrected chi connectivity index (χ1v) is 8.27. The van der Waals surface area contributed by atoms with Gasteiger partial charge in [-0.15, -0.1) is 0 Å². The molecule has 0 aromatic heterocycles. The summed E-state index contributed by atoms with van der Waals surface area (Å²) in [6.45, 7) is 1.77. The van der Waals surface area contributed by atoms with Gasteiger partial charge in [-0.1, -0.05) is 0 Å². The minimum atomic E-state index is -5.08. The molecule has 1 heterocycles. The molecular weight excluding hydrogens is 385 g/mol. The van der Waals surface area contributed by atoms with E-state index in [0.29, 0.717) is 5.69 Å². The third-order valence-electron chi connectivity index (χ3n) is 3.75. The van der Waals surface area contributed by atoms with Crippen LogP contribution in [0.25, 0.3) is 0 Å². The van der Waals surface area contributed by atoms with Crippen LogP contribution in [0.3, 0.4) is 0 Å². The second kappa shape index (κ2) is 10.5. The highest BCUT2D eigenvalue weighted by Crippen LogP contribution is 2.26. The van der Waals surface area contributed by atoms with Crippen LogP contribution in [0.1, 0.15) is 29.6 Å². The smallest absolute Gasteiger partial charge is 0.478 e. The molecule has 0 spiro atoms. The van der Waals surface area contributed by atoms with Crippen LogP contribution in [-0.2, 0) is 14.3 Å². The van der Waals surface area contributed by atoms with Crippen molar-refractivity contribution in [2.45, 2.75) is 25.4 Å². The molecule has 0 saturated carbocycles. The molecule has 156 valence electrons. The van der Waals surface area contributed by atoms with Crippen LogP contribution in [0.4, 0.5) is 24.5 Å². The Morgan fingerprint density at radius 1 is 1.14 bits per heavy atom. The predicted molar refractivity (Wildman–Crippen MR) is 93.7 cm³/mol. The quantitative estimate of drug-likeness (QED) is 0.688. The van der Waals surface area contributed by atoms with Crippen molar-refractivity contribution in [3.8, 4) is 0 Å². The molecule has 28 heavy (non-hydrogen) atoms. The van der Waals surface area contributed by atoms with E-state index in [1.54, 1.807) is 12.1 Å². The number of carboxylic acid groups (broad SMARTS) is 2. The van der Waals surface area contributed by atoms with Crippen molar-refractivity contribution in [2.75, 3.05) is 37.0 Å². The summed E-state index contributed by atoms with van der Waals surface area (Å²) < 4.78 is 36.5. The molecule has 0 aliphatic carbocycles. The van der Waals surface area contributed by atoms with Crippen LogP contribution in [0.2, 0.25) is 0 Å². The predicted octanol–water partition coefficient (Wildman–Crippen LogP) is 2.59. The highest BCUT2D eigenvalue weighted by Gasteiger charge is 2.38. The van der Waals surface area contributed by atoms with Gasteiger partial charge >= 0.3 is 18.1 Å². The van der Waals surface area contributed by atoms with E-state index in [4.69, 9.17) is 14.6 Å². The van der Waals surface area contributed by atoms with E-state index in [9.17, 15) is 27.9 Å². The maximum Gasteiger partial charge on any atom is 0.490 e. The Balaban J connectivity index is 0.000000480. The molecule has 0 radical (unpaired) electrons. The van der Waals surface area contributed by atoms with Crippen molar-refractivity contribution in [3.63, 3.8) is 0 Å². The third kappa shape index (κ3) is 7.43. The van der Waals surface area contributed by atoms with Gasteiger partial charge < -0.3 is 25.2 Å². The van der Waals surface area contributed by atoms with Gasteiger partial charge in [0.25, 0.3) is 0 Å². The number of hydrogen-bond donors (Lipinski definition) is 3. The first kappa shape index (κ1) is 23.2. The number of carboxylic acids is 2. The monoisotopic (exact) mass is 406 g/mol. The Kier molecular flexibility index (Phi) is 8.71. The van der Waals surface area contributed by atoms with Crippen molar-refractivity contribution in [1.82, 2.24) is 0 Å². The number of rotatable bonds is 5. The first-order valence-electron chi connectivity index (χ1n) is 8.27. The lowest BCUT2D eigenvalue weighted by atomic mass is 10.1. The number of piperidine rings is 1. The zero-order valence-electron chi connectivity index (χ0n) is 15.1. The second-order valence-electron chi connectivity index (χ2n) is 5.87. The Morgan fingerprint density at radius 3 is 2.18 bits per heavy atom. The van der Waals surface area contributed by atoms with Gasteiger partial charge in [0, 0.05) is 25.9 Å². The maximum atomic E-state index is 11.5. The summed E-state index contributed by atoms with van der Waals surface area (Å²) in [6, 6.07) is 5.11. The molecule has 1 aliphatic rings. The van der Waals surface area contributed by atoms with E-state index in [0.717, 1.165) is 31.6 Å². The Labute approximate surface area is 158 Å². The minimum Gasteiger partial charge on any atom is -0.478 e. The summed E-state index contributed by atoms with van der Waals surface area (Å²) in [5.74, 6) is -4.18. The highest BCUT2D eigenvalue weighted by molar-refractivity contribution is 6.01. The minimum absolute atomic E-state index is 0.0996. The number of hydrogen-bond acceptors (Lipinski definition) is 5. The summed E-state index contributed by atoms with van der Waals surface area (Å²) in [7, 11) is 1.41. The Morgan fingerprint density at radius 2 is 1.71 bits per heavy atom. The molecular formula is C17H21F3N2O6. The third-order valence-corrected chi connectivity index (χ3v) is 3.75. The lowest BCUT2D eigenvalue weighted by Gasteiger charge is -2.29. The molecule has 1 amide bonds. The largest absolute Gasteiger partial charge is 0.490 e. The molecule has 2 rings (SSSR count). The van der Waals surface area contributed by atoms with Crippen molar-refractivity contribution in [2.24, 2.45) is 0 Å². The molecule has 0 atom stereocenters. The van der Waals surface area contributed by atoms with Crippen LogP contribution in [0.15, 0.2) is 18.2 Å². The van der Waals surface area contributed by atoms with Crippen molar-refractivity contribution >= 4 is 29.2 Å². The number of methoxy groups -OCH3 is 1. The standard InChI is InChI=1S/C15H20N2O4.C2HF3O2/c1-21-10-14(18)16-13-6-5-11(9-12(13)15(19)20)17-7-3-2-4-8-17;3-2(4,5)1(6)7/h5-6,9H,2-4,7-8,10H2,1H3,(H,16,18)(H,19,20);(H,6,7). The number of carbonyl (C=O) groups excluding carboxylic acids is 1. The molecule has 0 unspecified atom stereocenters. The van der Waals surface area contributed by atoms with Gasteiger partial charge in [-0.05, 0) is 37.5 Å². The van der Waals surface area contributed by atoms with Crippen molar-refractivity contribution in [3.05, 3.63) is 23.8 Å². The van der Waals surface area contributed by atoms with Gasteiger partial charge in [-0.3, -0.25) is 4.79 Å². The maximum absolute atomic E-state index is 11.5. The molecule has 1 fully saturated rings. The number of halogens is 3. The molecule has 1 aliphatic heterocycles. The van der Waals surface area contributed by atoms with E-state index in [1.807, 2.05) is 6.07 Å². The van der Waals surface area contributed by atoms with Gasteiger partial charge in [0.15, 0.2) is 0 Å². The number of nitrogens with one attached hydrogen (secondary N) is 1. The van der Waals surface area contributed by atoms with Crippen LogP contribution in [0.5, 0.6) is 0 Å². The molecule has 8 nitrogen and oxygen atoms in total. The number of anilines is 2. The summed E-state index contributed by atoms with van der Waals surface area (Å²) >= 11 is 0. The average molecular weight is 406 g/mol. The normalized spacial score (nSPS) is 13.9. The molecule has 3 N–H and O–H groups in total. The summed E-state index contributed by atoms with van der Waals surface area (Å²) in [6.07, 6.45) is -1.63. The fraction of sp³-hybridized carbons (Fsp3) is 0.471. The summed E-state index contributed by atoms with van der Waals surface area (Å²) in [5.41, 5.74) is 1.28. The van der Waals surface area contributed by atoms with Crippen LogP contribution < -0.4 is 10.2 Å². The average Bonchev–Trinajstić information content (AvgIpc) is 2.62. The topological polar surface area (TPSA) is 116 Å². The Bertz CT molecular complexity index is 703. The van der Waals surface area contributed by atoms with E-state index >= 15 is 0 Å². The number of alkyl halides is 3. The molecule has 1 saturated heterocycles. The molecule has 1 aromatic rings. The van der Waals surface area contributed by atoms with Crippen molar-refractivity contribution in [1.29, 1.82) is 0 Å². The fourth-order valence-corrected chi connectivity index (χ4v) is 2.48.